The van der Waals surface area contributed by atoms with Crippen molar-refractivity contribution in [1.29, 1.82) is 0 Å². The van der Waals surface area contributed by atoms with E-state index in [9.17, 15) is 9.59 Å². The van der Waals surface area contributed by atoms with Crippen LogP contribution in [0.2, 0.25) is 5.02 Å². The summed E-state index contributed by atoms with van der Waals surface area (Å²) in [6.45, 7) is 3.47. The minimum Gasteiger partial charge on any atom is -0.456 e. The Hall–Kier alpha value is -1.55. The van der Waals surface area contributed by atoms with Gasteiger partial charge in [0.05, 0.1) is 0 Å². The molecule has 4 nitrogen and oxygen atoms in total. The molecular weight excluding hydrogens is 314 g/mol. The van der Waals surface area contributed by atoms with Gasteiger partial charge in [0, 0.05) is 10.9 Å². The lowest BCUT2D eigenvalue weighted by Gasteiger charge is -2.23. The Balaban J connectivity index is 1.84. The maximum Gasteiger partial charge on any atom is 0.328 e. The monoisotopic (exact) mass is 337 g/mol. The van der Waals surface area contributed by atoms with Crippen molar-refractivity contribution in [2.75, 3.05) is 0 Å². The van der Waals surface area contributed by atoms with Gasteiger partial charge in [-0.25, -0.2) is 4.79 Å². The fraction of sp³-hybridized carbons (Fsp3) is 0.556. The van der Waals surface area contributed by atoms with Gasteiger partial charge in [-0.05, 0) is 44.4 Å². The van der Waals surface area contributed by atoms with Crippen LogP contribution in [0.4, 0.5) is 0 Å². The molecule has 0 radical (unpaired) electrons. The summed E-state index contributed by atoms with van der Waals surface area (Å²) >= 11 is 5.85. The molecule has 2 unspecified atom stereocenters. The molecule has 5 heteroatoms. The van der Waals surface area contributed by atoms with E-state index in [0.29, 0.717) is 5.02 Å². The van der Waals surface area contributed by atoms with Crippen LogP contribution in [0.1, 0.15) is 57.6 Å². The maximum absolute atomic E-state index is 12.2. The molecule has 1 amide bonds. The standard InChI is InChI=1S/C18H24ClNO3/c1-12(20-17(21)15-6-4-3-5-7-15)18(22)23-13(2)14-8-10-16(19)11-9-14/h8-13,15H,3-7H2,1-2H3,(H,20,21). The van der Waals surface area contributed by atoms with Crippen LogP contribution in [0, 0.1) is 5.92 Å². The van der Waals surface area contributed by atoms with Crippen molar-refractivity contribution in [2.45, 2.75) is 58.1 Å². The van der Waals surface area contributed by atoms with E-state index in [1.807, 2.05) is 12.1 Å². The van der Waals surface area contributed by atoms with E-state index in [4.69, 9.17) is 16.3 Å². The van der Waals surface area contributed by atoms with Crippen LogP contribution in [0.15, 0.2) is 24.3 Å². The molecule has 126 valence electrons. The predicted molar refractivity (Wildman–Crippen MR) is 90.1 cm³/mol. The summed E-state index contributed by atoms with van der Waals surface area (Å²) in [6.07, 6.45) is 4.81. The Morgan fingerprint density at radius 1 is 1.13 bits per heavy atom. The third-order valence-corrected chi connectivity index (χ3v) is 4.57. The van der Waals surface area contributed by atoms with Gasteiger partial charge in [-0.3, -0.25) is 4.79 Å². The van der Waals surface area contributed by atoms with Crippen molar-refractivity contribution in [3.8, 4) is 0 Å². The average Bonchev–Trinajstić information content (AvgIpc) is 2.56. The average molecular weight is 338 g/mol. The summed E-state index contributed by atoms with van der Waals surface area (Å²) < 4.78 is 5.43. The Morgan fingerprint density at radius 2 is 1.74 bits per heavy atom. The topological polar surface area (TPSA) is 55.4 Å². The lowest BCUT2D eigenvalue weighted by molar-refractivity contribution is -0.152. The summed E-state index contributed by atoms with van der Waals surface area (Å²) in [5, 5.41) is 3.42. The van der Waals surface area contributed by atoms with Crippen LogP contribution >= 0.6 is 11.6 Å². The number of esters is 1. The van der Waals surface area contributed by atoms with Gasteiger partial charge >= 0.3 is 5.97 Å². The van der Waals surface area contributed by atoms with Crippen LogP contribution in [0.5, 0.6) is 0 Å². The Kier molecular flexibility index (Phi) is 6.46. The zero-order valence-corrected chi connectivity index (χ0v) is 14.4. The zero-order valence-electron chi connectivity index (χ0n) is 13.7. The van der Waals surface area contributed by atoms with Gasteiger partial charge in [0.2, 0.25) is 5.91 Å². The van der Waals surface area contributed by atoms with E-state index >= 15 is 0 Å². The first-order valence-corrected chi connectivity index (χ1v) is 8.61. The van der Waals surface area contributed by atoms with E-state index in [-0.39, 0.29) is 17.9 Å². The second kappa shape index (κ2) is 8.34. The highest BCUT2D eigenvalue weighted by atomic mass is 35.5. The normalized spacial score (nSPS) is 18.0. The Morgan fingerprint density at radius 3 is 2.35 bits per heavy atom. The molecule has 1 aliphatic carbocycles. The third-order valence-electron chi connectivity index (χ3n) is 4.32. The number of carbonyl (C=O) groups excluding carboxylic acids is 2. The van der Waals surface area contributed by atoms with Gasteiger partial charge in [0.25, 0.3) is 0 Å². The fourth-order valence-corrected chi connectivity index (χ4v) is 2.96. The van der Waals surface area contributed by atoms with Gasteiger partial charge in [0.1, 0.15) is 12.1 Å². The molecule has 1 fully saturated rings. The summed E-state index contributed by atoms with van der Waals surface area (Å²) in [4.78, 5) is 24.3. The molecule has 1 aromatic carbocycles. The molecule has 0 bridgehead atoms. The van der Waals surface area contributed by atoms with E-state index in [1.165, 1.54) is 6.42 Å². The van der Waals surface area contributed by atoms with E-state index in [0.717, 1.165) is 31.2 Å². The minimum atomic E-state index is -0.640. The fourth-order valence-electron chi connectivity index (χ4n) is 2.83. The lowest BCUT2D eigenvalue weighted by Crippen LogP contribution is -2.43. The molecule has 23 heavy (non-hydrogen) atoms. The molecule has 0 spiro atoms. The van der Waals surface area contributed by atoms with Gasteiger partial charge < -0.3 is 10.1 Å². The molecule has 2 rings (SSSR count). The number of ether oxygens (including phenoxy) is 1. The van der Waals surface area contributed by atoms with Crippen LogP contribution in [0.3, 0.4) is 0 Å². The Labute approximate surface area is 142 Å². The second-order valence-electron chi connectivity index (χ2n) is 6.20. The molecule has 1 aromatic rings. The van der Waals surface area contributed by atoms with Crippen molar-refractivity contribution >= 4 is 23.5 Å². The van der Waals surface area contributed by atoms with Crippen molar-refractivity contribution in [1.82, 2.24) is 5.32 Å². The number of amides is 1. The van der Waals surface area contributed by atoms with Crippen molar-refractivity contribution in [2.24, 2.45) is 5.92 Å². The van der Waals surface area contributed by atoms with E-state index < -0.39 is 12.0 Å². The van der Waals surface area contributed by atoms with E-state index in [2.05, 4.69) is 5.32 Å². The van der Waals surface area contributed by atoms with E-state index in [1.54, 1.807) is 26.0 Å². The lowest BCUT2D eigenvalue weighted by atomic mass is 9.88. The van der Waals surface area contributed by atoms with Gasteiger partial charge in [0.15, 0.2) is 0 Å². The van der Waals surface area contributed by atoms with Crippen LogP contribution in [-0.4, -0.2) is 17.9 Å². The molecule has 0 saturated heterocycles. The number of hydrogen-bond donors (Lipinski definition) is 1. The third kappa shape index (κ3) is 5.24. The van der Waals surface area contributed by atoms with Gasteiger partial charge in [-0.1, -0.05) is 43.0 Å². The number of rotatable bonds is 5. The summed E-state index contributed by atoms with van der Waals surface area (Å²) in [5.74, 6) is -0.419. The van der Waals surface area contributed by atoms with Gasteiger partial charge in [-0.15, -0.1) is 0 Å². The number of halogens is 1. The SMILES string of the molecule is CC(NC(=O)C1CCCCC1)C(=O)OC(C)c1ccc(Cl)cc1. The largest absolute Gasteiger partial charge is 0.456 e. The second-order valence-corrected chi connectivity index (χ2v) is 6.63. The van der Waals surface area contributed by atoms with Crippen LogP contribution in [0.25, 0.3) is 0 Å². The number of nitrogens with one attached hydrogen (secondary N) is 1. The highest BCUT2D eigenvalue weighted by Gasteiger charge is 2.25. The molecule has 1 aliphatic rings. The first-order chi connectivity index (χ1) is 11.0. The van der Waals surface area contributed by atoms with Gasteiger partial charge in [-0.2, -0.15) is 0 Å². The summed E-state index contributed by atoms with van der Waals surface area (Å²) in [5.41, 5.74) is 0.869. The maximum atomic E-state index is 12.2. The molecule has 0 heterocycles. The molecule has 0 aromatic heterocycles. The summed E-state index contributed by atoms with van der Waals surface area (Å²) in [6, 6.07) is 6.53. The van der Waals surface area contributed by atoms with Crippen molar-refractivity contribution in [3.05, 3.63) is 34.9 Å². The Bertz CT molecular complexity index is 538. The predicted octanol–water partition coefficient (Wildman–Crippen LogP) is 4.03. The van der Waals surface area contributed by atoms with Crippen molar-refractivity contribution in [3.63, 3.8) is 0 Å². The molecular formula is C18H24ClNO3. The highest BCUT2D eigenvalue weighted by Crippen LogP contribution is 2.24. The quantitative estimate of drug-likeness (QED) is 0.825. The zero-order chi connectivity index (χ0) is 16.8. The summed E-state index contributed by atoms with van der Waals surface area (Å²) in [7, 11) is 0. The minimum absolute atomic E-state index is 0.0340. The first-order valence-electron chi connectivity index (χ1n) is 8.23. The molecule has 2 atom stereocenters. The van der Waals surface area contributed by atoms with Crippen molar-refractivity contribution < 1.29 is 14.3 Å². The smallest absolute Gasteiger partial charge is 0.328 e. The number of benzene rings is 1. The first kappa shape index (κ1) is 17.8. The molecule has 1 N–H and O–H groups in total. The van der Waals surface area contributed by atoms with Crippen LogP contribution < -0.4 is 5.32 Å². The highest BCUT2D eigenvalue weighted by molar-refractivity contribution is 6.30. The number of hydrogen-bond acceptors (Lipinski definition) is 3. The molecule has 0 aliphatic heterocycles. The number of carbonyl (C=O) groups is 2. The molecule has 1 saturated carbocycles. The van der Waals surface area contributed by atoms with Crippen LogP contribution in [-0.2, 0) is 14.3 Å².